The Morgan fingerprint density at radius 3 is 0.836 bits per heavy atom. The molecule has 67 heavy (non-hydrogen) atoms. The largest absolute Gasteiger partial charge is 0.462 e. The first-order valence-corrected chi connectivity index (χ1v) is 29.5. The van der Waals surface area contributed by atoms with Crippen LogP contribution in [0.1, 0.15) is 316 Å². The Labute approximate surface area is 416 Å². The van der Waals surface area contributed by atoms with E-state index in [4.69, 9.17) is 14.2 Å². The minimum absolute atomic E-state index is 0.0714. The molecule has 6 heteroatoms. The van der Waals surface area contributed by atoms with E-state index in [2.05, 4.69) is 57.2 Å². The minimum atomic E-state index is -0.773. The van der Waals surface area contributed by atoms with E-state index in [9.17, 15) is 14.4 Å². The summed E-state index contributed by atoms with van der Waals surface area (Å²) in [6.07, 6.45) is 67.0. The summed E-state index contributed by atoms with van der Waals surface area (Å²) in [5, 5.41) is 0. The zero-order chi connectivity index (χ0) is 48.6. The van der Waals surface area contributed by atoms with Gasteiger partial charge in [0.1, 0.15) is 13.2 Å². The zero-order valence-corrected chi connectivity index (χ0v) is 44.9. The van der Waals surface area contributed by atoms with E-state index in [0.717, 1.165) is 77.0 Å². The fourth-order valence-corrected chi connectivity index (χ4v) is 8.69. The van der Waals surface area contributed by atoms with Crippen LogP contribution in [-0.2, 0) is 28.6 Å². The molecule has 0 aromatic heterocycles. The van der Waals surface area contributed by atoms with Crippen molar-refractivity contribution in [3.8, 4) is 0 Å². The van der Waals surface area contributed by atoms with Gasteiger partial charge in [-0.15, -0.1) is 0 Å². The van der Waals surface area contributed by atoms with Gasteiger partial charge in [0.15, 0.2) is 6.10 Å². The molecule has 0 spiro atoms. The number of unbranched alkanes of at least 4 members (excludes halogenated alkanes) is 37. The molecule has 392 valence electrons. The van der Waals surface area contributed by atoms with Crippen molar-refractivity contribution in [2.45, 2.75) is 322 Å². The Hall–Kier alpha value is -2.37. The highest BCUT2D eigenvalue weighted by Crippen LogP contribution is 2.17. The van der Waals surface area contributed by atoms with Gasteiger partial charge in [0.05, 0.1) is 0 Å². The van der Waals surface area contributed by atoms with Crippen molar-refractivity contribution < 1.29 is 28.6 Å². The highest BCUT2D eigenvalue weighted by Gasteiger charge is 2.19. The molecule has 0 aliphatic heterocycles. The van der Waals surface area contributed by atoms with Crippen LogP contribution in [-0.4, -0.2) is 37.2 Å². The van der Waals surface area contributed by atoms with Gasteiger partial charge in [0.2, 0.25) is 0 Å². The van der Waals surface area contributed by atoms with Crippen molar-refractivity contribution in [3.63, 3.8) is 0 Å². The lowest BCUT2D eigenvalue weighted by Crippen LogP contribution is -2.30. The highest BCUT2D eigenvalue weighted by molar-refractivity contribution is 5.71. The van der Waals surface area contributed by atoms with Crippen molar-refractivity contribution in [3.05, 3.63) is 36.5 Å². The Morgan fingerprint density at radius 1 is 0.299 bits per heavy atom. The topological polar surface area (TPSA) is 78.9 Å². The molecule has 0 bridgehead atoms. The predicted molar refractivity (Wildman–Crippen MR) is 289 cm³/mol. The fourth-order valence-electron chi connectivity index (χ4n) is 8.69. The smallest absolute Gasteiger partial charge is 0.306 e. The van der Waals surface area contributed by atoms with E-state index in [-0.39, 0.29) is 31.1 Å². The lowest BCUT2D eigenvalue weighted by atomic mass is 10.0. The number of hydrogen-bond acceptors (Lipinski definition) is 6. The molecule has 0 saturated carbocycles. The van der Waals surface area contributed by atoms with Crippen LogP contribution < -0.4 is 0 Å². The standard InChI is InChI=1S/C61H112O6/c1-4-7-10-13-16-19-22-25-28-29-30-31-32-33-34-37-39-42-45-48-51-54-60(63)66-57-58(67-61(64)55-52-49-46-43-40-36-27-24-21-18-15-12-9-6-3)56-65-59(62)53-50-47-44-41-38-35-26-23-20-17-14-11-8-5-2/h22,25,29-30,32-33,58H,4-21,23-24,26-28,31,34-57H2,1-3H3/b25-22-,30-29-,33-32-. The van der Waals surface area contributed by atoms with Gasteiger partial charge in [-0.3, -0.25) is 14.4 Å². The van der Waals surface area contributed by atoms with Crippen LogP contribution in [0.25, 0.3) is 0 Å². The number of hydrogen-bond donors (Lipinski definition) is 0. The molecule has 1 atom stereocenters. The molecule has 0 heterocycles. The molecule has 0 aromatic carbocycles. The molecule has 0 rings (SSSR count). The second kappa shape index (κ2) is 56.2. The lowest BCUT2D eigenvalue weighted by molar-refractivity contribution is -0.167. The van der Waals surface area contributed by atoms with Crippen LogP contribution in [0.4, 0.5) is 0 Å². The van der Waals surface area contributed by atoms with Crippen LogP contribution >= 0.6 is 0 Å². The lowest BCUT2D eigenvalue weighted by Gasteiger charge is -2.18. The third-order valence-electron chi connectivity index (χ3n) is 13.1. The maximum Gasteiger partial charge on any atom is 0.306 e. The first-order chi connectivity index (χ1) is 33.0. The van der Waals surface area contributed by atoms with Crippen molar-refractivity contribution in [2.24, 2.45) is 0 Å². The number of ether oxygens (including phenoxy) is 3. The van der Waals surface area contributed by atoms with Gasteiger partial charge >= 0.3 is 17.9 Å². The van der Waals surface area contributed by atoms with E-state index in [1.165, 1.54) is 199 Å². The third-order valence-corrected chi connectivity index (χ3v) is 13.1. The van der Waals surface area contributed by atoms with Gasteiger partial charge in [0, 0.05) is 19.3 Å². The molecule has 0 amide bonds. The summed E-state index contributed by atoms with van der Waals surface area (Å²) in [7, 11) is 0. The normalized spacial score (nSPS) is 12.2. The number of rotatable bonds is 54. The maximum atomic E-state index is 12.8. The summed E-state index contributed by atoms with van der Waals surface area (Å²) in [5.74, 6) is -0.865. The van der Waals surface area contributed by atoms with Gasteiger partial charge in [-0.05, 0) is 57.8 Å². The van der Waals surface area contributed by atoms with Crippen LogP contribution in [0, 0.1) is 0 Å². The number of carbonyl (C=O) groups excluding carboxylic acids is 3. The molecule has 0 aliphatic carbocycles. The van der Waals surface area contributed by atoms with Crippen LogP contribution in [0.3, 0.4) is 0 Å². The average molecular weight is 942 g/mol. The summed E-state index contributed by atoms with van der Waals surface area (Å²) in [5.41, 5.74) is 0. The molecule has 1 unspecified atom stereocenters. The molecule has 0 saturated heterocycles. The summed E-state index contributed by atoms with van der Waals surface area (Å²) in [6.45, 7) is 6.66. The first kappa shape index (κ1) is 64.6. The highest BCUT2D eigenvalue weighted by atomic mass is 16.6. The van der Waals surface area contributed by atoms with Gasteiger partial charge in [-0.25, -0.2) is 0 Å². The van der Waals surface area contributed by atoms with Crippen LogP contribution in [0.15, 0.2) is 36.5 Å². The molecule has 0 aromatic rings. The Balaban J connectivity index is 4.33. The molecule has 0 aliphatic rings. The Kier molecular flexibility index (Phi) is 54.2. The molecule has 0 N–H and O–H groups in total. The van der Waals surface area contributed by atoms with Crippen molar-refractivity contribution in [1.29, 1.82) is 0 Å². The number of allylic oxidation sites excluding steroid dienone is 6. The van der Waals surface area contributed by atoms with Gasteiger partial charge < -0.3 is 14.2 Å². The van der Waals surface area contributed by atoms with E-state index in [1.807, 2.05) is 0 Å². The van der Waals surface area contributed by atoms with E-state index in [0.29, 0.717) is 19.3 Å². The van der Waals surface area contributed by atoms with Crippen molar-refractivity contribution >= 4 is 17.9 Å². The van der Waals surface area contributed by atoms with Crippen molar-refractivity contribution in [1.82, 2.24) is 0 Å². The average Bonchev–Trinajstić information content (AvgIpc) is 3.33. The second-order valence-corrected chi connectivity index (χ2v) is 19.9. The third kappa shape index (κ3) is 54.4. The number of carbonyl (C=O) groups is 3. The maximum absolute atomic E-state index is 12.8. The van der Waals surface area contributed by atoms with E-state index in [1.54, 1.807) is 0 Å². The zero-order valence-electron chi connectivity index (χ0n) is 44.9. The number of esters is 3. The van der Waals surface area contributed by atoms with Gasteiger partial charge in [-0.2, -0.15) is 0 Å². The van der Waals surface area contributed by atoms with Crippen LogP contribution in [0.5, 0.6) is 0 Å². The quantitative estimate of drug-likeness (QED) is 0.0262. The second-order valence-electron chi connectivity index (χ2n) is 19.9. The summed E-state index contributed by atoms with van der Waals surface area (Å²) >= 11 is 0. The molecular weight excluding hydrogens is 829 g/mol. The molecule has 6 nitrogen and oxygen atoms in total. The molecule has 0 fully saturated rings. The summed E-state index contributed by atoms with van der Waals surface area (Å²) in [6, 6.07) is 0. The Bertz CT molecular complexity index is 1130. The van der Waals surface area contributed by atoms with Gasteiger partial charge in [-0.1, -0.05) is 276 Å². The first-order valence-electron chi connectivity index (χ1n) is 29.5. The SMILES string of the molecule is CCCCCCC/C=C\C/C=C\C/C=C\CCCCCCCCC(=O)OCC(COC(=O)CCCCCCCCCCCCCCCC)OC(=O)CCCCCCCCCCCCCCCC. The minimum Gasteiger partial charge on any atom is -0.462 e. The monoisotopic (exact) mass is 941 g/mol. The summed E-state index contributed by atoms with van der Waals surface area (Å²) in [4.78, 5) is 38.1. The summed E-state index contributed by atoms with van der Waals surface area (Å²) < 4.78 is 16.9. The molecular formula is C61H112O6. The van der Waals surface area contributed by atoms with Crippen LogP contribution in [0.2, 0.25) is 0 Å². The van der Waals surface area contributed by atoms with E-state index < -0.39 is 6.10 Å². The van der Waals surface area contributed by atoms with Crippen molar-refractivity contribution in [2.75, 3.05) is 13.2 Å². The predicted octanol–water partition coefficient (Wildman–Crippen LogP) is 19.7. The van der Waals surface area contributed by atoms with E-state index >= 15 is 0 Å². The fraction of sp³-hybridized carbons (Fsp3) is 0.852. The van der Waals surface area contributed by atoms with Gasteiger partial charge in [0.25, 0.3) is 0 Å². The Morgan fingerprint density at radius 2 is 0.537 bits per heavy atom. The molecule has 0 radical (unpaired) electrons.